The molecule has 0 unspecified atom stereocenters. The minimum Gasteiger partial charge on any atom is -0.368 e. The first-order chi connectivity index (χ1) is 17.9. The number of hydrogen-bond donors (Lipinski definition) is 1. The van der Waals surface area contributed by atoms with Crippen LogP contribution in [0.2, 0.25) is 0 Å². The van der Waals surface area contributed by atoms with Gasteiger partial charge in [0.25, 0.3) is 5.91 Å². The molecule has 176 valence electrons. The van der Waals surface area contributed by atoms with Crippen LogP contribution < -0.4 is 4.72 Å². The summed E-state index contributed by atoms with van der Waals surface area (Å²) in [7, 11) is -4.29. The molecule has 0 radical (unpaired) electrons. The number of ether oxygens (including phenoxy) is 1. The first-order valence-corrected chi connectivity index (χ1v) is 12.4. The monoisotopic (exact) mass is 481 g/mol. The summed E-state index contributed by atoms with van der Waals surface area (Å²) in [4.78, 5) is 14.7. The van der Waals surface area contributed by atoms with Gasteiger partial charge in [0.05, 0.1) is 19.5 Å². The Bertz CT molecular complexity index is 1390. The van der Waals surface area contributed by atoms with Crippen molar-refractivity contribution in [1.29, 1.82) is 0 Å². The molecule has 0 aromatic heterocycles. The molecule has 2 aromatic carbocycles. The first-order valence-electron chi connectivity index (χ1n) is 13.2. The summed E-state index contributed by atoms with van der Waals surface area (Å²) in [5.74, 6) is -1.18. The SMILES string of the molecule is [2H]c1c([2H])c([2H])c(-c2cccc(C[C@H]3[C@@H](NS(=O)(=O)CF)C4(CC4)CN3C(=O)[C@H]3CCO3)c2F)c([2H])c1[2H]. The quantitative estimate of drug-likeness (QED) is 0.660. The van der Waals surface area contributed by atoms with Crippen molar-refractivity contribution in [2.45, 2.75) is 43.9 Å². The van der Waals surface area contributed by atoms with Crippen LogP contribution in [-0.4, -0.2) is 56.6 Å². The second-order valence-electron chi connectivity index (χ2n) is 8.85. The second-order valence-corrected chi connectivity index (χ2v) is 10.5. The highest BCUT2D eigenvalue weighted by atomic mass is 32.2. The van der Waals surface area contributed by atoms with Crippen LogP contribution in [0.4, 0.5) is 8.78 Å². The lowest BCUT2D eigenvalue weighted by Crippen LogP contribution is -2.53. The number of carbonyl (C=O) groups excluding carboxylic acids is 1. The van der Waals surface area contributed by atoms with E-state index < -0.39 is 75.7 Å². The third-order valence-electron chi connectivity index (χ3n) is 6.81. The van der Waals surface area contributed by atoms with Gasteiger partial charge >= 0.3 is 0 Å². The van der Waals surface area contributed by atoms with Gasteiger partial charge in [-0.2, -0.15) is 0 Å². The zero-order valence-electron chi connectivity index (χ0n) is 22.7. The van der Waals surface area contributed by atoms with Gasteiger partial charge in [-0.3, -0.25) is 4.79 Å². The van der Waals surface area contributed by atoms with Crippen LogP contribution in [0.1, 0.15) is 31.7 Å². The number of sulfonamides is 1. The maximum atomic E-state index is 16.0. The molecule has 1 saturated carbocycles. The van der Waals surface area contributed by atoms with Crippen LogP contribution in [0, 0.1) is 11.2 Å². The molecule has 1 spiro atoms. The molecular formula is C24H26F2N2O4S. The van der Waals surface area contributed by atoms with Gasteiger partial charge in [-0.1, -0.05) is 48.4 Å². The Balaban J connectivity index is 1.56. The van der Waals surface area contributed by atoms with E-state index in [0.29, 0.717) is 25.9 Å². The summed E-state index contributed by atoms with van der Waals surface area (Å²) in [6, 6.07) is -2.04. The molecule has 1 aliphatic carbocycles. The van der Waals surface area contributed by atoms with Crippen molar-refractivity contribution in [3.05, 3.63) is 59.8 Å². The predicted molar refractivity (Wildman–Crippen MR) is 119 cm³/mol. The van der Waals surface area contributed by atoms with Crippen LogP contribution in [0.25, 0.3) is 11.1 Å². The molecule has 3 aliphatic rings. The molecule has 3 atom stereocenters. The van der Waals surface area contributed by atoms with Crippen LogP contribution in [0.15, 0.2) is 48.4 Å². The molecule has 6 nitrogen and oxygen atoms in total. The van der Waals surface area contributed by atoms with Crippen molar-refractivity contribution < 1.29 is 33.6 Å². The smallest absolute Gasteiger partial charge is 0.252 e. The molecule has 9 heteroatoms. The number of amides is 1. The topological polar surface area (TPSA) is 75.7 Å². The Morgan fingerprint density at radius 3 is 2.61 bits per heavy atom. The van der Waals surface area contributed by atoms with Gasteiger partial charge in [-0.15, -0.1) is 0 Å². The molecule has 1 N–H and O–H groups in total. The average molecular weight is 482 g/mol. The summed E-state index contributed by atoms with van der Waals surface area (Å²) in [5.41, 5.74) is -1.03. The normalized spacial score (nSPS) is 27.9. The Labute approximate surface area is 199 Å². The molecule has 5 rings (SSSR count). The molecule has 2 heterocycles. The Morgan fingerprint density at radius 2 is 2.00 bits per heavy atom. The number of hydrogen-bond acceptors (Lipinski definition) is 4. The summed E-state index contributed by atoms with van der Waals surface area (Å²) in [6.45, 7) is 0.646. The standard InChI is InChI=1S/C24H26F2N2O4S/c25-15-33(30,31)27-22-19(28(14-24(22)10-11-24)23(29)20-9-12-32-20)13-17-7-4-8-18(21(17)26)16-5-2-1-3-6-16/h1-8,19-20,22,27H,9-15H2/t19-,20+,22+/m0/s1/i1D,2D,3D,5D,6D. The van der Waals surface area contributed by atoms with E-state index in [1.807, 2.05) is 0 Å². The van der Waals surface area contributed by atoms with Crippen LogP contribution in [0.3, 0.4) is 0 Å². The summed E-state index contributed by atoms with van der Waals surface area (Å²) >= 11 is 0. The zero-order chi connectivity index (χ0) is 27.6. The fraction of sp³-hybridized carbons (Fsp3) is 0.458. The highest BCUT2D eigenvalue weighted by Crippen LogP contribution is 2.56. The van der Waals surface area contributed by atoms with Gasteiger partial charge in [-0.25, -0.2) is 21.9 Å². The van der Waals surface area contributed by atoms with E-state index in [2.05, 4.69) is 4.72 Å². The van der Waals surface area contributed by atoms with E-state index in [4.69, 9.17) is 11.6 Å². The molecule has 2 aromatic rings. The number of carbonyl (C=O) groups is 1. The van der Waals surface area contributed by atoms with E-state index in [9.17, 15) is 17.6 Å². The highest BCUT2D eigenvalue weighted by Gasteiger charge is 2.62. The van der Waals surface area contributed by atoms with E-state index in [1.165, 1.54) is 23.1 Å². The van der Waals surface area contributed by atoms with Crippen molar-refractivity contribution in [3.8, 4) is 11.1 Å². The Hall–Kier alpha value is -2.36. The number of likely N-dealkylation sites (tertiary alicyclic amines) is 1. The van der Waals surface area contributed by atoms with Gasteiger partial charge in [0.15, 0.2) is 0 Å². The molecule has 0 bridgehead atoms. The Morgan fingerprint density at radius 1 is 1.27 bits per heavy atom. The Kier molecular flexibility index (Phi) is 4.39. The van der Waals surface area contributed by atoms with Crippen molar-refractivity contribution in [2.75, 3.05) is 19.2 Å². The largest absolute Gasteiger partial charge is 0.368 e. The molecule has 2 aliphatic heterocycles. The van der Waals surface area contributed by atoms with Crippen molar-refractivity contribution >= 4 is 15.9 Å². The van der Waals surface area contributed by atoms with E-state index >= 15 is 4.39 Å². The summed E-state index contributed by atoms with van der Waals surface area (Å²) in [6.07, 6.45) is 0.923. The average Bonchev–Trinajstić information content (AvgIpc) is 3.57. The number of alkyl halides is 1. The van der Waals surface area contributed by atoms with Crippen LogP contribution in [-0.2, 0) is 26.0 Å². The molecular weight excluding hydrogens is 450 g/mol. The van der Waals surface area contributed by atoms with E-state index in [1.54, 1.807) is 0 Å². The van der Waals surface area contributed by atoms with E-state index in [-0.39, 0.29) is 35.6 Å². The van der Waals surface area contributed by atoms with Crippen molar-refractivity contribution in [1.82, 2.24) is 9.62 Å². The molecule has 1 amide bonds. The van der Waals surface area contributed by atoms with Crippen molar-refractivity contribution in [2.24, 2.45) is 5.41 Å². The minimum absolute atomic E-state index is 0.0637. The number of nitrogens with zero attached hydrogens (tertiary/aromatic N) is 1. The lowest BCUT2D eigenvalue weighted by molar-refractivity contribution is -0.157. The third kappa shape index (κ3) is 4.18. The summed E-state index contributed by atoms with van der Waals surface area (Å²) in [5, 5.41) is 0. The number of halogens is 2. The van der Waals surface area contributed by atoms with Crippen LogP contribution >= 0.6 is 0 Å². The van der Waals surface area contributed by atoms with Crippen LogP contribution in [0.5, 0.6) is 0 Å². The maximum Gasteiger partial charge on any atom is 0.252 e. The maximum absolute atomic E-state index is 16.0. The fourth-order valence-corrected chi connectivity index (χ4v) is 5.68. The summed E-state index contributed by atoms with van der Waals surface area (Å²) < 4.78 is 102. The van der Waals surface area contributed by atoms with Gasteiger partial charge in [0.2, 0.25) is 16.0 Å². The number of rotatable bonds is 7. The number of benzene rings is 2. The van der Waals surface area contributed by atoms with Gasteiger partial charge in [0.1, 0.15) is 11.9 Å². The van der Waals surface area contributed by atoms with Crippen molar-refractivity contribution in [3.63, 3.8) is 0 Å². The molecule has 3 fully saturated rings. The van der Waals surface area contributed by atoms with Gasteiger partial charge in [-0.05, 0) is 30.4 Å². The first kappa shape index (κ1) is 17.1. The van der Waals surface area contributed by atoms with E-state index in [0.717, 1.165) is 0 Å². The molecule has 33 heavy (non-hydrogen) atoms. The second kappa shape index (κ2) is 8.45. The predicted octanol–water partition coefficient (Wildman–Crippen LogP) is 3.03. The van der Waals surface area contributed by atoms with Gasteiger partial charge in [0, 0.05) is 30.0 Å². The lowest BCUT2D eigenvalue weighted by Gasteiger charge is -2.34. The van der Waals surface area contributed by atoms with Gasteiger partial charge < -0.3 is 9.64 Å². The fourth-order valence-electron chi connectivity index (χ4n) is 4.83. The zero-order valence-corrected chi connectivity index (χ0v) is 18.5. The number of nitrogens with one attached hydrogen (secondary N) is 1. The highest BCUT2D eigenvalue weighted by molar-refractivity contribution is 7.89. The molecule has 2 saturated heterocycles. The lowest BCUT2D eigenvalue weighted by atomic mass is 9.91. The third-order valence-corrected chi connectivity index (χ3v) is 7.71. The minimum atomic E-state index is -4.29.